The smallest absolute Gasteiger partial charge is 0.408 e. The van der Waals surface area contributed by atoms with Crippen LogP contribution in [0.1, 0.15) is 61.3 Å². The van der Waals surface area contributed by atoms with E-state index in [-0.39, 0.29) is 12.8 Å². The third-order valence-corrected chi connectivity index (χ3v) is 4.69. The van der Waals surface area contributed by atoms with Crippen molar-refractivity contribution in [1.29, 1.82) is 0 Å². The summed E-state index contributed by atoms with van der Waals surface area (Å²) in [4.78, 5) is 59.6. The van der Waals surface area contributed by atoms with Crippen LogP contribution in [0.2, 0.25) is 0 Å². The van der Waals surface area contributed by atoms with Gasteiger partial charge in [-0.05, 0) is 40.5 Å². The maximum atomic E-state index is 12.2. The van der Waals surface area contributed by atoms with Crippen molar-refractivity contribution in [3.05, 3.63) is 0 Å². The fraction of sp³-hybridized carbons (Fsp3) is 0.773. The number of carbonyl (C=O) groups excluding carboxylic acids is 5. The SMILES string of the molecule is COC(=O)C(CC[C@@H]1O[C@@H](C)[C@@H](OC(C)=O)[C@@H](OC(C)=O)[C@@H]1OC(C)=O)NC(=O)OC(C)(C)C. The summed E-state index contributed by atoms with van der Waals surface area (Å²) in [5.41, 5.74) is -0.782. The fourth-order valence-corrected chi connectivity index (χ4v) is 3.52. The summed E-state index contributed by atoms with van der Waals surface area (Å²) in [5, 5.41) is 2.46. The number of ether oxygens (including phenoxy) is 6. The molecule has 0 aromatic carbocycles. The number of methoxy groups -OCH3 is 1. The molecule has 1 heterocycles. The predicted molar refractivity (Wildman–Crippen MR) is 115 cm³/mol. The van der Waals surface area contributed by atoms with Gasteiger partial charge in [0, 0.05) is 20.8 Å². The van der Waals surface area contributed by atoms with Crippen LogP contribution in [0.3, 0.4) is 0 Å². The van der Waals surface area contributed by atoms with E-state index in [2.05, 4.69) is 5.32 Å². The van der Waals surface area contributed by atoms with Crippen molar-refractivity contribution in [2.75, 3.05) is 7.11 Å². The van der Waals surface area contributed by atoms with Crippen LogP contribution in [0.15, 0.2) is 0 Å². The number of hydrogen-bond donors (Lipinski definition) is 1. The van der Waals surface area contributed by atoms with Gasteiger partial charge in [0.1, 0.15) is 11.6 Å². The highest BCUT2D eigenvalue weighted by molar-refractivity contribution is 5.81. The summed E-state index contributed by atoms with van der Waals surface area (Å²) < 4.78 is 31.9. The molecule has 1 N–H and O–H groups in total. The second kappa shape index (κ2) is 12.5. The Labute approximate surface area is 198 Å². The third kappa shape index (κ3) is 9.54. The van der Waals surface area contributed by atoms with Crippen LogP contribution in [0.4, 0.5) is 4.79 Å². The van der Waals surface area contributed by atoms with Crippen LogP contribution in [0, 0.1) is 0 Å². The largest absolute Gasteiger partial charge is 0.467 e. The monoisotopic (exact) mass is 489 g/mol. The van der Waals surface area contributed by atoms with Gasteiger partial charge >= 0.3 is 30.0 Å². The molecule has 1 saturated heterocycles. The lowest BCUT2D eigenvalue weighted by molar-refractivity contribution is -0.244. The number of carbonyl (C=O) groups is 5. The van der Waals surface area contributed by atoms with Crippen molar-refractivity contribution in [2.24, 2.45) is 0 Å². The molecule has 0 radical (unpaired) electrons. The summed E-state index contributed by atoms with van der Waals surface area (Å²) >= 11 is 0. The zero-order valence-corrected chi connectivity index (χ0v) is 20.9. The third-order valence-electron chi connectivity index (χ3n) is 4.69. The second-order valence-electron chi connectivity index (χ2n) is 8.90. The minimum absolute atomic E-state index is 0.0199. The van der Waals surface area contributed by atoms with Gasteiger partial charge in [0.15, 0.2) is 18.3 Å². The van der Waals surface area contributed by atoms with Gasteiger partial charge in [-0.2, -0.15) is 0 Å². The summed E-state index contributed by atoms with van der Waals surface area (Å²) in [5.74, 6) is -2.70. The molecule has 1 amide bonds. The summed E-state index contributed by atoms with van der Waals surface area (Å²) in [6, 6.07) is -1.09. The van der Waals surface area contributed by atoms with E-state index < -0.39 is 72.1 Å². The Morgan fingerprint density at radius 1 is 0.882 bits per heavy atom. The van der Waals surface area contributed by atoms with Gasteiger partial charge in [0.25, 0.3) is 0 Å². The molecular formula is C22H35NO11. The molecule has 0 aromatic rings. The lowest BCUT2D eigenvalue weighted by Gasteiger charge is -2.44. The molecule has 0 spiro atoms. The van der Waals surface area contributed by atoms with Crippen molar-refractivity contribution < 1.29 is 52.4 Å². The highest BCUT2D eigenvalue weighted by atomic mass is 16.6. The Hall–Kier alpha value is -2.89. The standard InChI is InChI=1S/C22H35NO11/c1-11-17(31-12(2)24)19(33-14(4)26)18(32-13(3)25)16(30-11)10-9-15(20(27)29-8)23-21(28)34-22(5,6)7/h11,15-19H,9-10H2,1-8H3,(H,23,28)/t11-,15?,16-,17+,18+,19+/m0/s1. The average Bonchev–Trinajstić information content (AvgIpc) is 2.67. The lowest BCUT2D eigenvalue weighted by Crippen LogP contribution is -2.60. The van der Waals surface area contributed by atoms with E-state index in [0.29, 0.717) is 0 Å². The topological polar surface area (TPSA) is 153 Å². The van der Waals surface area contributed by atoms with E-state index in [1.165, 1.54) is 27.9 Å². The Morgan fingerprint density at radius 2 is 1.38 bits per heavy atom. The first-order valence-corrected chi connectivity index (χ1v) is 10.9. The van der Waals surface area contributed by atoms with Crippen LogP contribution >= 0.6 is 0 Å². The molecule has 12 heteroatoms. The molecule has 6 atom stereocenters. The zero-order chi connectivity index (χ0) is 26.2. The van der Waals surface area contributed by atoms with E-state index >= 15 is 0 Å². The number of esters is 4. The molecule has 1 unspecified atom stereocenters. The van der Waals surface area contributed by atoms with Crippen LogP contribution in [-0.2, 0) is 47.6 Å². The van der Waals surface area contributed by atoms with Crippen LogP contribution in [0.25, 0.3) is 0 Å². The summed E-state index contributed by atoms with van der Waals surface area (Å²) in [6.45, 7) is 10.2. The first-order valence-electron chi connectivity index (χ1n) is 10.9. The molecule has 194 valence electrons. The molecular weight excluding hydrogens is 454 g/mol. The van der Waals surface area contributed by atoms with Crippen molar-refractivity contribution >= 4 is 30.0 Å². The van der Waals surface area contributed by atoms with Crippen molar-refractivity contribution in [3.8, 4) is 0 Å². The van der Waals surface area contributed by atoms with E-state index in [4.69, 9.17) is 28.4 Å². The number of nitrogens with one attached hydrogen (secondary N) is 1. The maximum absolute atomic E-state index is 12.2. The summed E-state index contributed by atoms with van der Waals surface area (Å²) in [7, 11) is 1.17. The second-order valence-corrected chi connectivity index (χ2v) is 8.90. The van der Waals surface area contributed by atoms with E-state index in [9.17, 15) is 24.0 Å². The molecule has 34 heavy (non-hydrogen) atoms. The molecule has 0 aromatic heterocycles. The molecule has 12 nitrogen and oxygen atoms in total. The number of alkyl carbamates (subject to hydrolysis) is 1. The Kier molecular flexibility index (Phi) is 10.7. The Morgan fingerprint density at radius 3 is 1.85 bits per heavy atom. The number of amides is 1. The van der Waals surface area contributed by atoms with Crippen LogP contribution < -0.4 is 5.32 Å². The van der Waals surface area contributed by atoms with Gasteiger partial charge in [-0.15, -0.1) is 0 Å². The molecule has 1 fully saturated rings. The van der Waals surface area contributed by atoms with Crippen molar-refractivity contribution in [1.82, 2.24) is 5.32 Å². The molecule has 1 aliphatic rings. The van der Waals surface area contributed by atoms with Gasteiger partial charge in [-0.25, -0.2) is 9.59 Å². The highest BCUT2D eigenvalue weighted by Crippen LogP contribution is 2.31. The Bertz CT molecular complexity index is 760. The van der Waals surface area contributed by atoms with Gasteiger partial charge in [0.05, 0.1) is 19.3 Å². The first-order chi connectivity index (χ1) is 15.6. The molecule has 0 saturated carbocycles. The van der Waals surface area contributed by atoms with E-state index in [1.54, 1.807) is 27.7 Å². The first kappa shape index (κ1) is 29.1. The normalized spacial score (nSPS) is 25.4. The minimum Gasteiger partial charge on any atom is -0.467 e. The molecule has 0 bridgehead atoms. The fourth-order valence-electron chi connectivity index (χ4n) is 3.52. The highest BCUT2D eigenvalue weighted by Gasteiger charge is 2.50. The van der Waals surface area contributed by atoms with Gasteiger partial charge in [-0.3, -0.25) is 14.4 Å². The lowest BCUT2D eigenvalue weighted by atomic mass is 9.91. The van der Waals surface area contributed by atoms with Gasteiger partial charge in [-0.1, -0.05) is 0 Å². The average molecular weight is 490 g/mol. The number of rotatable bonds is 8. The quantitative estimate of drug-likeness (QED) is 0.389. The van der Waals surface area contributed by atoms with Crippen LogP contribution in [0.5, 0.6) is 0 Å². The molecule has 0 aliphatic carbocycles. The maximum Gasteiger partial charge on any atom is 0.408 e. The van der Waals surface area contributed by atoms with Crippen molar-refractivity contribution in [2.45, 2.75) is 103 Å². The van der Waals surface area contributed by atoms with Crippen LogP contribution in [-0.4, -0.2) is 79.2 Å². The number of hydrogen-bond acceptors (Lipinski definition) is 11. The minimum atomic E-state index is -1.14. The Balaban J connectivity index is 3.12. The van der Waals surface area contributed by atoms with Gasteiger partial charge in [0.2, 0.25) is 0 Å². The van der Waals surface area contributed by atoms with E-state index in [1.807, 2.05) is 0 Å². The van der Waals surface area contributed by atoms with Crippen molar-refractivity contribution in [3.63, 3.8) is 0 Å². The molecule has 1 aliphatic heterocycles. The predicted octanol–water partition coefficient (Wildman–Crippen LogP) is 1.42. The van der Waals surface area contributed by atoms with E-state index in [0.717, 1.165) is 0 Å². The summed E-state index contributed by atoms with van der Waals surface area (Å²) in [6.07, 6.45) is -5.61. The van der Waals surface area contributed by atoms with Gasteiger partial charge < -0.3 is 33.7 Å². The zero-order valence-electron chi connectivity index (χ0n) is 20.9. The molecule has 1 rings (SSSR count).